The van der Waals surface area contributed by atoms with Crippen LogP contribution in [0.3, 0.4) is 0 Å². The van der Waals surface area contributed by atoms with Gasteiger partial charge in [-0.1, -0.05) is 42.0 Å². The van der Waals surface area contributed by atoms with Crippen molar-refractivity contribution in [1.82, 2.24) is 25.9 Å². The zero-order valence-corrected chi connectivity index (χ0v) is 13.9. The van der Waals surface area contributed by atoms with Gasteiger partial charge < -0.3 is 5.32 Å². The van der Waals surface area contributed by atoms with Crippen LogP contribution in [0.5, 0.6) is 0 Å². The lowest BCUT2D eigenvalue weighted by Gasteiger charge is -2.18. The molecule has 0 unspecified atom stereocenters. The average Bonchev–Trinajstić information content (AvgIpc) is 3.11. The average molecular weight is 321 g/mol. The largest absolute Gasteiger partial charge is 0.345 e. The molecule has 122 valence electrons. The van der Waals surface area contributed by atoms with Gasteiger partial charge in [-0.15, -0.1) is 10.2 Å². The van der Waals surface area contributed by atoms with E-state index in [0.717, 1.165) is 11.1 Å². The van der Waals surface area contributed by atoms with Crippen LogP contribution in [0.15, 0.2) is 42.5 Å². The fourth-order valence-corrected chi connectivity index (χ4v) is 2.73. The van der Waals surface area contributed by atoms with E-state index < -0.39 is 0 Å². The molecule has 3 aromatic rings. The van der Waals surface area contributed by atoms with Gasteiger partial charge in [0.1, 0.15) is 0 Å². The molecule has 6 nitrogen and oxygen atoms in total. The van der Waals surface area contributed by atoms with E-state index in [4.69, 9.17) is 0 Å². The van der Waals surface area contributed by atoms with Gasteiger partial charge in [0.15, 0.2) is 0 Å². The van der Waals surface area contributed by atoms with E-state index in [1.54, 1.807) is 6.07 Å². The zero-order chi connectivity index (χ0) is 17.1. The van der Waals surface area contributed by atoms with Crippen molar-refractivity contribution in [1.29, 1.82) is 0 Å². The molecule has 0 fully saturated rings. The van der Waals surface area contributed by atoms with E-state index in [0.29, 0.717) is 17.0 Å². The third-order valence-corrected chi connectivity index (χ3v) is 4.01. The fourth-order valence-electron chi connectivity index (χ4n) is 2.73. The van der Waals surface area contributed by atoms with Crippen molar-refractivity contribution in [2.45, 2.75) is 26.8 Å². The van der Waals surface area contributed by atoms with Gasteiger partial charge in [-0.2, -0.15) is 5.21 Å². The molecule has 0 spiro atoms. The second-order valence-electron chi connectivity index (χ2n) is 5.84. The molecule has 0 aliphatic rings. The van der Waals surface area contributed by atoms with Crippen molar-refractivity contribution in [3.8, 4) is 11.4 Å². The number of nitrogens with zero attached hydrogens (tertiary/aromatic N) is 3. The summed E-state index contributed by atoms with van der Waals surface area (Å²) in [5, 5.41) is 17.0. The molecule has 0 saturated carbocycles. The fraction of sp³-hybridized carbons (Fsp3) is 0.222. The number of hydrogen-bond donors (Lipinski definition) is 2. The Morgan fingerprint density at radius 3 is 2.71 bits per heavy atom. The van der Waals surface area contributed by atoms with Crippen molar-refractivity contribution < 1.29 is 4.79 Å². The molecule has 0 bridgehead atoms. The van der Waals surface area contributed by atoms with Gasteiger partial charge in [0, 0.05) is 5.56 Å². The van der Waals surface area contributed by atoms with Crippen LogP contribution in [-0.2, 0) is 0 Å². The van der Waals surface area contributed by atoms with E-state index in [9.17, 15) is 4.79 Å². The Hall–Kier alpha value is -3.02. The third-order valence-electron chi connectivity index (χ3n) is 4.01. The smallest absolute Gasteiger partial charge is 0.252 e. The highest BCUT2D eigenvalue weighted by molar-refractivity contribution is 6.00. The number of tetrazole rings is 1. The van der Waals surface area contributed by atoms with Gasteiger partial charge in [0.25, 0.3) is 5.91 Å². The molecule has 24 heavy (non-hydrogen) atoms. The lowest BCUT2D eigenvalue weighted by molar-refractivity contribution is 0.0940. The molecule has 1 heterocycles. The summed E-state index contributed by atoms with van der Waals surface area (Å²) < 4.78 is 0. The van der Waals surface area contributed by atoms with Crippen molar-refractivity contribution in [3.05, 3.63) is 64.7 Å². The van der Waals surface area contributed by atoms with Crippen LogP contribution >= 0.6 is 0 Å². The SMILES string of the molecule is Cc1ccc(C)c([C@H](C)NC(=O)c2ccccc2-c2nn[nH]n2)c1. The second-order valence-corrected chi connectivity index (χ2v) is 5.84. The number of nitrogens with one attached hydrogen (secondary N) is 2. The quantitative estimate of drug-likeness (QED) is 0.774. The van der Waals surface area contributed by atoms with Gasteiger partial charge in [-0.3, -0.25) is 4.79 Å². The van der Waals surface area contributed by atoms with Crippen LogP contribution in [0, 0.1) is 13.8 Å². The van der Waals surface area contributed by atoms with Gasteiger partial charge in [0.2, 0.25) is 5.82 Å². The molecule has 0 radical (unpaired) electrons. The molecular formula is C18H19N5O. The molecule has 0 aliphatic carbocycles. The van der Waals surface area contributed by atoms with Crippen molar-refractivity contribution in [3.63, 3.8) is 0 Å². The minimum Gasteiger partial charge on any atom is -0.345 e. The molecule has 1 amide bonds. The maximum atomic E-state index is 12.7. The van der Waals surface area contributed by atoms with Crippen LogP contribution in [0.2, 0.25) is 0 Å². The topological polar surface area (TPSA) is 83.6 Å². The van der Waals surface area contributed by atoms with Crippen LogP contribution < -0.4 is 5.32 Å². The summed E-state index contributed by atoms with van der Waals surface area (Å²) in [4.78, 5) is 12.7. The van der Waals surface area contributed by atoms with Gasteiger partial charge in [0.05, 0.1) is 11.6 Å². The molecule has 3 rings (SSSR count). The molecule has 0 aliphatic heterocycles. The predicted molar refractivity (Wildman–Crippen MR) is 91.4 cm³/mol. The normalized spacial score (nSPS) is 12.0. The summed E-state index contributed by atoms with van der Waals surface area (Å²) >= 11 is 0. The minimum atomic E-state index is -0.163. The number of carbonyl (C=O) groups excluding carboxylic acids is 1. The second kappa shape index (κ2) is 6.62. The number of aryl methyl sites for hydroxylation is 2. The predicted octanol–water partition coefficient (Wildman–Crippen LogP) is 2.97. The molecule has 0 saturated heterocycles. The molecular weight excluding hydrogens is 302 g/mol. The third kappa shape index (κ3) is 3.17. The number of hydrogen-bond acceptors (Lipinski definition) is 4. The maximum absolute atomic E-state index is 12.7. The highest BCUT2D eigenvalue weighted by Crippen LogP contribution is 2.22. The summed E-state index contributed by atoms with van der Waals surface area (Å²) in [6.07, 6.45) is 0. The van der Waals surface area contributed by atoms with Crippen LogP contribution in [0.25, 0.3) is 11.4 Å². The van der Waals surface area contributed by atoms with E-state index in [1.807, 2.05) is 39.0 Å². The summed E-state index contributed by atoms with van der Waals surface area (Å²) in [6.45, 7) is 6.07. The van der Waals surface area contributed by atoms with E-state index in [-0.39, 0.29) is 11.9 Å². The highest BCUT2D eigenvalue weighted by Gasteiger charge is 2.18. The van der Waals surface area contributed by atoms with Crippen LogP contribution in [-0.4, -0.2) is 26.5 Å². The van der Waals surface area contributed by atoms with Crippen LogP contribution in [0.1, 0.15) is 40.0 Å². The first-order chi connectivity index (χ1) is 11.6. The number of aromatic amines is 1. The maximum Gasteiger partial charge on any atom is 0.252 e. The molecule has 2 aromatic carbocycles. The first-order valence-corrected chi connectivity index (χ1v) is 7.77. The molecule has 2 N–H and O–H groups in total. The Morgan fingerprint density at radius 1 is 1.17 bits per heavy atom. The molecule has 6 heteroatoms. The summed E-state index contributed by atoms with van der Waals surface area (Å²) in [7, 11) is 0. The lowest BCUT2D eigenvalue weighted by atomic mass is 9.99. The Balaban J connectivity index is 1.87. The minimum absolute atomic E-state index is 0.101. The standard InChI is InChI=1S/C18H19N5O/c1-11-8-9-12(2)16(10-11)13(3)19-18(24)15-7-5-4-6-14(15)17-20-22-23-21-17/h4-10,13H,1-3H3,(H,19,24)(H,20,21,22,23)/t13-/m0/s1. The first kappa shape index (κ1) is 15.9. The number of benzene rings is 2. The monoisotopic (exact) mass is 321 g/mol. The van der Waals surface area contributed by atoms with Gasteiger partial charge in [-0.05, 0) is 43.2 Å². The number of aromatic nitrogens is 4. The Labute approximate surface area is 140 Å². The van der Waals surface area contributed by atoms with E-state index >= 15 is 0 Å². The summed E-state index contributed by atoms with van der Waals surface area (Å²) in [5.74, 6) is 0.240. The number of carbonyl (C=O) groups is 1. The first-order valence-electron chi connectivity index (χ1n) is 7.77. The Morgan fingerprint density at radius 2 is 1.96 bits per heavy atom. The van der Waals surface area contributed by atoms with Crippen LogP contribution in [0.4, 0.5) is 0 Å². The van der Waals surface area contributed by atoms with Gasteiger partial charge >= 0.3 is 0 Å². The molecule has 1 atom stereocenters. The number of amides is 1. The van der Waals surface area contributed by atoms with Crippen molar-refractivity contribution in [2.24, 2.45) is 0 Å². The summed E-state index contributed by atoms with van der Waals surface area (Å²) in [5.41, 5.74) is 4.61. The zero-order valence-electron chi connectivity index (χ0n) is 13.9. The Bertz CT molecular complexity index is 858. The van der Waals surface area contributed by atoms with Crippen molar-refractivity contribution in [2.75, 3.05) is 0 Å². The van der Waals surface area contributed by atoms with E-state index in [1.165, 1.54) is 5.56 Å². The van der Waals surface area contributed by atoms with Crippen molar-refractivity contribution >= 4 is 5.91 Å². The number of rotatable bonds is 4. The van der Waals surface area contributed by atoms with Gasteiger partial charge in [-0.25, -0.2) is 0 Å². The lowest BCUT2D eigenvalue weighted by Crippen LogP contribution is -2.27. The van der Waals surface area contributed by atoms with E-state index in [2.05, 4.69) is 44.1 Å². The summed E-state index contributed by atoms with van der Waals surface area (Å²) in [6, 6.07) is 13.4. The number of H-pyrrole nitrogens is 1. The highest BCUT2D eigenvalue weighted by atomic mass is 16.1. The molecule has 1 aromatic heterocycles. The Kier molecular flexibility index (Phi) is 4.37.